The zero-order valence-corrected chi connectivity index (χ0v) is 14.6. The molecule has 2 aromatic carbocycles. The van der Waals surface area contributed by atoms with Crippen LogP contribution in [0.25, 0.3) is 0 Å². The number of benzene rings is 2. The Morgan fingerprint density at radius 1 is 0.960 bits per heavy atom. The maximum absolute atomic E-state index is 12.7. The average molecular weight is 400 g/mol. The van der Waals surface area contributed by atoms with Gasteiger partial charge in [0.1, 0.15) is 0 Å². The minimum absolute atomic E-state index is 0.0941. The highest BCUT2D eigenvalue weighted by Gasteiger charge is 2.57. The lowest BCUT2D eigenvalue weighted by atomic mass is 10.0. The van der Waals surface area contributed by atoms with Crippen molar-refractivity contribution in [2.45, 2.75) is 10.5 Å². The van der Waals surface area contributed by atoms with E-state index in [1.54, 1.807) is 24.3 Å². The Morgan fingerprint density at radius 3 is 1.92 bits per heavy atom. The minimum atomic E-state index is -2.68. The van der Waals surface area contributed by atoms with Crippen LogP contribution in [0.1, 0.15) is 32.3 Å². The first-order chi connectivity index (χ1) is 11.8. The maximum atomic E-state index is 12.7. The molecule has 1 unspecified atom stereocenters. The summed E-state index contributed by atoms with van der Waals surface area (Å²) < 4.78 is -2.68. The smallest absolute Gasteiger partial charge is 0.269 e. The van der Waals surface area contributed by atoms with Gasteiger partial charge in [-0.1, -0.05) is 41.9 Å². The van der Waals surface area contributed by atoms with E-state index in [9.17, 15) is 19.7 Å². The summed E-state index contributed by atoms with van der Waals surface area (Å²) in [7, 11) is 0. The summed E-state index contributed by atoms with van der Waals surface area (Å²) in [6.07, 6.45) is 0. The van der Waals surface area contributed by atoms with Crippen LogP contribution in [0.4, 0.5) is 0 Å². The number of rotatable bonds is 4. The molecule has 0 spiro atoms. The number of nitro groups is 1. The Balaban J connectivity index is 2.21. The van der Waals surface area contributed by atoms with Crippen LogP contribution >= 0.6 is 34.8 Å². The highest BCUT2D eigenvalue weighted by Crippen LogP contribution is 2.46. The summed E-state index contributed by atoms with van der Waals surface area (Å²) in [4.78, 5) is 36.6. The van der Waals surface area contributed by atoms with Gasteiger partial charge in [0.2, 0.25) is 0 Å². The summed E-state index contributed by atoms with van der Waals surface area (Å²) in [5, 5.41) is 11.5. The molecule has 0 aromatic heterocycles. The topological polar surface area (TPSA) is 80.5 Å². The van der Waals surface area contributed by atoms with Crippen molar-refractivity contribution in [1.29, 1.82) is 0 Å². The fraction of sp³-hybridized carbons (Fsp3) is 0.125. The number of carbonyl (C=O) groups excluding carboxylic acids is 2. The van der Waals surface area contributed by atoms with Crippen molar-refractivity contribution in [2.24, 2.45) is 0 Å². The van der Waals surface area contributed by atoms with Crippen molar-refractivity contribution in [1.82, 2.24) is 4.90 Å². The van der Waals surface area contributed by atoms with Gasteiger partial charge >= 0.3 is 4.46 Å². The van der Waals surface area contributed by atoms with Crippen LogP contribution in [0.3, 0.4) is 0 Å². The summed E-state index contributed by atoms with van der Waals surface area (Å²) in [5.74, 6) is -1.45. The number of carbonyl (C=O) groups is 2. The molecule has 1 aliphatic rings. The standard InChI is InChI=1S/C16H9Cl3N2O4/c17-12-8-4-3-7-11(12)13(16(18,19)21(24)25)20-14(22)9-5-1-2-6-10(9)15(20)23/h1-8,13H. The second-order valence-electron chi connectivity index (χ2n) is 5.29. The Bertz CT molecular complexity index is 865. The van der Waals surface area contributed by atoms with Gasteiger partial charge in [-0.25, -0.2) is 0 Å². The SMILES string of the molecule is O=C1c2ccccc2C(=O)N1C(c1ccccc1Cl)C(Cl)(Cl)[N+](=O)[O-]. The molecule has 0 saturated heterocycles. The number of nitrogens with zero attached hydrogens (tertiary/aromatic N) is 2. The minimum Gasteiger partial charge on any atom is -0.269 e. The van der Waals surface area contributed by atoms with Gasteiger partial charge in [0, 0.05) is 10.6 Å². The van der Waals surface area contributed by atoms with Gasteiger partial charge in [0.15, 0.2) is 6.04 Å². The summed E-state index contributed by atoms with van der Waals surface area (Å²) in [6, 6.07) is 10.5. The van der Waals surface area contributed by atoms with Crippen molar-refractivity contribution < 1.29 is 14.5 Å². The van der Waals surface area contributed by atoms with Crippen molar-refractivity contribution in [3.8, 4) is 0 Å². The molecule has 1 heterocycles. The largest absolute Gasteiger partial charge is 0.395 e. The molecule has 1 atom stereocenters. The van der Waals surface area contributed by atoms with E-state index in [1.165, 1.54) is 24.3 Å². The summed E-state index contributed by atoms with van der Waals surface area (Å²) in [6.45, 7) is 0. The molecule has 0 radical (unpaired) electrons. The Labute approximate surface area is 157 Å². The van der Waals surface area contributed by atoms with Crippen molar-refractivity contribution >= 4 is 46.6 Å². The number of halogens is 3. The van der Waals surface area contributed by atoms with Crippen LogP contribution in [0.5, 0.6) is 0 Å². The van der Waals surface area contributed by atoms with E-state index in [2.05, 4.69) is 0 Å². The van der Waals surface area contributed by atoms with Crippen molar-refractivity contribution in [3.05, 3.63) is 80.4 Å². The Hall–Kier alpha value is -2.15. The molecule has 0 fully saturated rings. The zero-order chi connectivity index (χ0) is 18.4. The number of fused-ring (bicyclic) bond motifs is 1. The molecule has 3 rings (SSSR count). The van der Waals surface area contributed by atoms with Crippen LogP contribution in [0, 0.1) is 10.1 Å². The normalized spacial score (nSPS) is 15.2. The molecule has 25 heavy (non-hydrogen) atoms. The van der Waals surface area contributed by atoms with E-state index in [-0.39, 0.29) is 21.7 Å². The van der Waals surface area contributed by atoms with Crippen LogP contribution in [0.2, 0.25) is 5.02 Å². The van der Waals surface area contributed by atoms with E-state index in [0.717, 1.165) is 0 Å². The molecule has 2 amide bonds. The lowest BCUT2D eigenvalue weighted by molar-refractivity contribution is -0.523. The van der Waals surface area contributed by atoms with Crippen molar-refractivity contribution in [2.75, 3.05) is 0 Å². The van der Waals surface area contributed by atoms with Gasteiger partial charge < -0.3 is 0 Å². The molecular formula is C16H9Cl3N2O4. The number of imide groups is 1. The van der Waals surface area contributed by atoms with Gasteiger partial charge in [0.25, 0.3) is 11.8 Å². The third kappa shape index (κ3) is 2.76. The van der Waals surface area contributed by atoms with Crippen LogP contribution < -0.4 is 0 Å². The maximum Gasteiger partial charge on any atom is 0.395 e. The molecule has 1 aliphatic heterocycles. The molecule has 0 aliphatic carbocycles. The van der Waals surface area contributed by atoms with Gasteiger partial charge in [0.05, 0.1) is 16.1 Å². The molecule has 0 saturated carbocycles. The molecule has 2 aromatic rings. The van der Waals surface area contributed by atoms with Gasteiger partial charge in [-0.2, -0.15) is 0 Å². The third-order valence-electron chi connectivity index (χ3n) is 3.86. The fourth-order valence-electron chi connectivity index (χ4n) is 2.72. The predicted octanol–water partition coefficient (Wildman–Crippen LogP) is 4.09. The van der Waals surface area contributed by atoms with Gasteiger partial charge in [-0.05, 0) is 41.4 Å². The van der Waals surface area contributed by atoms with E-state index in [0.29, 0.717) is 4.90 Å². The number of hydrogen-bond acceptors (Lipinski definition) is 4. The molecule has 0 bridgehead atoms. The molecule has 0 N–H and O–H groups in total. The Kier molecular flexibility index (Phi) is 4.45. The second-order valence-corrected chi connectivity index (χ2v) is 7.05. The number of hydrogen-bond donors (Lipinski definition) is 0. The van der Waals surface area contributed by atoms with E-state index in [4.69, 9.17) is 34.8 Å². The van der Waals surface area contributed by atoms with Gasteiger partial charge in [-0.15, -0.1) is 0 Å². The quantitative estimate of drug-likeness (QED) is 0.255. The first kappa shape index (κ1) is 17.7. The molecule has 128 valence electrons. The van der Waals surface area contributed by atoms with Gasteiger partial charge in [-0.3, -0.25) is 24.6 Å². The molecular weight excluding hydrogens is 391 g/mol. The average Bonchev–Trinajstić information content (AvgIpc) is 2.82. The highest BCUT2D eigenvalue weighted by atomic mass is 35.5. The van der Waals surface area contributed by atoms with Crippen molar-refractivity contribution in [3.63, 3.8) is 0 Å². The lowest BCUT2D eigenvalue weighted by Gasteiger charge is -2.30. The fourth-order valence-corrected chi connectivity index (χ4v) is 3.39. The number of alkyl halides is 2. The molecule has 9 heteroatoms. The molecule has 6 nitrogen and oxygen atoms in total. The number of amides is 2. The third-order valence-corrected chi connectivity index (χ3v) is 4.89. The van der Waals surface area contributed by atoms with E-state index in [1.807, 2.05) is 0 Å². The zero-order valence-electron chi connectivity index (χ0n) is 12.4. The van der Waals surface area contributed by atoms with Crippen LogP contribution in [-0.2, 0) is 0 Å². The van der Waals surface area contributed by atoms with E-state index < -0.39 is 27.2 Å². The van der Waals surface area contributed by atoms with Crippen LogP contribution in [-0.4, -0.2) is 26.1 Å². The highest BCUT2D eigenvalue weighted by molar-refractivity contribution is 6.48. The van der Waals surface area contributed by atoms with E-state index >= 15 is 0 Å². The summed E-state index contributed by atoms with van der Waals surface area (Å²) in [5.41, 5.74) is 0.342. The summed E-state index contributed by atoms with van der Waals surface area (Å²) >= 11 is 18.0. The first-order valence-corrected chi connectivity index (χ1v) is 8.14. The monoisotopic (exact) mass is 398 g/mol. The second kappa shape index (κ2) is 6.29. The van der Waals surface area contributed by atoms with Crippen LogP contribution in [0.15, 0.2) is 48.5 Å². The predicted molar refractivity (Wildman–Crippen MR) is 92.6 cm³/mol. The lowest BCUT2D eigenvalue weighted by Crippen LogP contribution is -2.46. The first-order valence-electron chi connectivity index (χ1n) is 7.00. The Morgan fingerprint density at radius 2 is 1.44 bits per heavy atom.